The van der Waals surface area contributed by atoms with Crippen molar-refractivity contribution >= 4 is 51.2 Å². The highest BCUT2D eigenvalue weighted by atomic mass is 15.2. The minimum atomic E-state index is 0.958. The molecular weight excluding hydrogens is 1350 g/mol. The Morgan fingerprint density at radius 2 is 0.432 bits per heavy atom. The van der Waals surface area contributed by atoms with Gasteiger partial charge in [-0.3, -0.25) is 15.0 Å². The van der Waals surface area contributed by atoms with Gasteiger partial charge in [-0.2, -0.15) is 0 Å². The average molecular weight is 1420 g/mol. The van der Waals surface area contributed by atoms with Crippen LogP contribution >= 0.6 is 0 Å². The van der Waals surface area contributed by atoms with Gasteiger partial charge in [-0.15, -0.1) is 0 Å². The molecule has 0 amide bonds. The Labute approximate surface area is 650 Å². The van der Waals surface area contributed by atoms with Crippen molar-refractivity contribution in [2.24, 2.45) is 0 Å². The zero-order valence-corrected chi connectivity index (χ0v) is 61.2. The molecule has 0 saturated carbocycles. The molecule has 0 bridgehead atoms. The van der Waals surface area contributed by atoms with Crippen LogP contribution in [0.3, 0.4) is 0 Å². The van der Waals surface area contributed by atoms with E-state index in [0.29, 0.717) is 0 Å². The molecule has 3 heterocycles. The zero-order valence-electron chi connectivity index (χ0n) is 61.2. The molecule has 0 aliphatic carbocycles. The van der Waals surface area contributed by atoms with Crippen molar-refractivity contribution in [3.05, 3.63) is 474 Å². The van der Waals surface area contributed by atoms with Gasteiger partial charge in [0.05, 0.1) is 22.8 Å². The first-order chi connectivity index (χ1) is 55.1. The van der Waals surface area contributed by atoms with Crippen molar-refractivity contribution < 1.29 is 0 Å². The predicted octanol–water partition coefficient (Wildman–Crippen LogP) is 28.7. The number of aromatic nitrogens is 3. The summed E-state index contributed by atoms with van der Waals surface area (Å²) in [6, 6.07) is 158. The largest absolute Gasteiger partial charge is 0.310 e. The van der Waals surface area contributed by atoms with Crippen LogP contribution in [0.25, 0.3) is 100 Å². The molecule has 0 radical (unpaired) electrons. The molecule has 528 valence electrons. The van der Waals surface area contributed by atoms with Gasteiger partial charge in [0.15, 0.2) is 0 Å². The maximum absolute atomic E-state index is 4.59. The Kier molecular flexibility index (Phi) is 22.0. The Balaban J connectivity index is 0.000000126. The van der Waals surface area contributed by atoms with Crippen molar-refractivity contribution in [3.8, 4) is 100 Å². The van der Waals surface area contributed by atoms with Gasteiger partial charge in [-0.05, 0) is 189 Å². The molecule has 111 heavy (non-hydrogen) atoms. The summed E-state index contributed by atoms with van der Waals surface area (Å²) < 4.78 is 0. The number of anilines is 9. The molecule has 0 atom stereocenters. The van der Waals surface area contributed by atoms with E-state index in [1.165, 1.54) is 66.8 Å². The van der Waals surface area contributed by atoms with Crippen molar-refractivity contribution in [2.45, 2.75) is 0 Å². The lowest BCUT2D eigenvalue weighted by Gasteiger charge is -2.28. The minimum Gasteiger partial charge on any atom is -0.310 e. The predicted molar refractivity (Wildman–Crippen MR) is 466 cm³/mol. The van der Waals surface area contributed by atoms with E-state index in [9.17, 15) is 0 Å². The SMILES string of the molecule is c1ccc(-c2ccc(N(c3ccc(-c4ccccc4)cc3)c3cccc(-c4ccccc4)c3)cc2)cc1.c1ccc(-c2ccc(N(c3cccc(-c4ccccn4)c3)c3ccccc3-c3ccccc3)cc2)cc1.c1ccc(-c2ccccc2N(c2ccc(-c3ccccn3)cc2)c2cccc(-c3cccnc3)c2)cc1. The molecule has 18 rings (SSSR count). The van der Waals surface area contributed by atoms with Crippen LogP contribution in [0.5, 0.6) is 0 Å². The second-order valence-corrected chi connectivity index (χ2v) is 26.7. The quantitative estimate of drug-likeness (QED) is 0.0853. The summed E-state index contributed by atoms with van der Waals surface area (Å²) in [5.74, 6) is 0. The highest BCUT2D eigenvalue weighted by molar-refractivity contribution is 5.92. The van der Waals surface area contributed by atoms with E-state index in [1.807, 2.05) is 55.0 Å². The number of pyridine rings is 3. The van der Waals surface area contributed by atoms with Crippen LogP contribution in [-0.4, -0.2) is 15.0 Å². The van der Waals surface area contributed by atoms with Gasteiger partial charge >= 0.3 is 0 Å². The molecule has 0 unspecified atom stereocenters. The Bertz CT molecular complexity index is 5610. The summed E-state index contributed by atoms with van der Waals surface area (Å²) in [7, 11) is 0. The van der Waals surface area contributed by atoms with Crippen molar-refractivity contribution in [1.29, 1.82) is 0 Å². The van der Waals surface area contributed by atoms with Crippen LogP contribution < -0.4 is 14.7 Å². The number of para-hydroxylation sites is 2. The van der Waals surface area contributed by atoms with Gasteiger partial charge in [0.2, 0.25) is 0 Å². The molecule has 0 N–H and O–H groups in total. The van der Waals surface area contributed by atoms with Gasteiger partial charge in [0, 0.05) is 92.4 Å². The normalized spacial score (nSPS) is 10.7. The summed E-state index contributed by atoms with van der Waals surface area (Å²) in [6.45, 7) is 0. The molecule has 6 nitrogen and oxygen atoms in total. The molecule has 15 aromatic carbocycles. The highest BCUT2D eigenvalue weighted by Crippen LogP contribution is 2.45. The Hall–Kier alpha value is -14.9. The number of hydrogen-bond acceptors (Lipinski definition) is 6. The van der Waals surface area contributed by atoms with E-state index in [1.54, 1.807) is 6.20 Å². The van der Waals surface area contributed by atoms with E-state index in [2.05, 4.69) is 442 Å². The number of rotatable bonds is 18. The standard InChI is InChI=1S/C36H27N.C35H26N2.C34H25N3/c1-4-11-28(12-5-1)31-19-23-34(24-20-31)37(35-25-21-32(22-26-35)29-13-6-2-7-14-29)36-18-10-17-33(27-36)30-15-8-3-9-16-30;1-3-12-27(13-4-1)28-21-23-31(24-22-28)37(32-17-11-16-30(26-32)34-19-9-10-25-36-34)35-20-8-7-18-33(35)29-14-5-2-6-15-29;1-2-10-26(11-3-1)32-15-4-5-17-34(32)37(30-20-18-27(19-21-30)33-16-6-7-23-36-33)31-14-8-12-28(24-31)29-13-9-22-35-25-29/h1-27H;1-26H;1-25H. The molecule has 0 fully saturated rings. The first kappa shape index (κ1) is 70.5. The van der Waals surface area contributed by atoms with Crippen LogP contribution in [-0.2, 0) is 0 Å². The van der Waals surface area contributed by atoms with Gasteiger partial charge in [-0.1, -0.05) is 322 Å². The zero-order chi connectivity index (χ0) is 74.6. The lowest BCUT2D eigenvalue weighted by Crippen LogP contribution is -2.11. The van der Waals surface area contributed by atoms with E-state index < -0.39 is 0 Å². The number of benzene rings is 15. The lowest BCUT2D eigenvalue weighted by atomic mass is 10.0. The fraction of sp³-hybridized carbons (Fsp3) is 0. The molecule has 0 saturated heterocycles. The monoisotopic (exact) mass is 1420 g/mol. The smallest absolute Gasteiger partial charge is 0.0702 e. The minimum absolute atomic E-state index is 0.958. The molecule has 18 aromatic rings. The summed E-state index contributed by atoms with van der Waals surface area (Å²) in [4.78, 5) is 20.4. The van der Waals surface area contributed by atoms with Gasteiger partial charge in [-0.25, -0.2) is 0 Å². The van der Waals surface area contributed by atoms with Crippen LogP contribution in [0.15, 0.2) is 474 Å². The van der Waals surface area contributed by atoms with Gasteiger partial charge in [0.25, 0.3) is 0 Å². The van der Waals surface area contributed by atoms with Crippen molar-refractivity contribution in [1.82, 2.24) is 15.0 Å². The summed E-state index contributed by atoms with van der Waals surface area (Å²) in [5, 5.41) is 0. The average Bonchev–Trinajstić information content (AvgIpc) is 0.767. The highest BCUT2D eigenvalue weighted by Gasteiger charge is 2.21. The summed E-state index contributed by atoms with van der Waals surface area (Å²) >= 11 is 0. The van der Waals surface area contributed by atoms with Crippen LogP contribution in [0.2, 0.25) is 0 Å². The molecule has 6 heteroatoms. The Morgan fingerprint density at radius 1 is 0.153 bits per heavy atom. The number of hydrogen-bond donors (Lipinski definition) is 0. The molecule has 0 aliphatic heterocycles. The first-order valence-electron chi connectivity index (χ1n) is 37.4. The van der Waals surface area contributed by atoms with Gasteiger partial charge in [0.1, 0.15) is 0 Å². The summed E-state index contributed by atoms with van der Waals surface area (Å²) in [6.07, 6.45) is 7.38. The molecule has 3 aromatic heterocycles. The maximum Gasteiger partial charge on any atom is 0.0702 e. The number of nitrogens with zero attached hydrogens (tertiary/aromatic N) is 6. The van der Waals surface area contributed by atoms with Crippen LogP contribution in [0.1, 0.15) is 0 Å². The van der Waals surface area contributed by atoms with E-state index >= 15 is 0 Å². The Morgan fingerprint density at radius 3 is 0.811 bits per heavy atom. The first-order valence-corrected chi connectivity index (χ1v) is 37.4. The summed E-state index contributed by atoms with van der Waals surface area (Å²) in [5.41, 5.74) is 30.6. The maximum atomic E-state index is 4.59. The van der Waals surface area contributed by atoms with Crippen LogP contribution in [0.4, 0.5) is 51.2 Å². The topological polar surface area (TPSA) is 48.4 Å². The van der Waals surface area contributed by atoms with Crippen molar-refractivity contribution in [2.75, 3.05) is 14.7 Å². The molecule has 0 spiro atoms. The molecular formula is C105H78N6. The third-order valence-electron chi connectivity index (χ3n) is 19.6. The fourth-order valence-corrected chi connectivity index (χ4v) is 14.1. The fourth-order valence-electron chi connectivity index (χ4n) is 14.1. The van der Waals surface area contributed by atoms with Crippen LogP contribution in [0, 0.1) is 0 Å². The van der Waals surface area contributed by atoms with E-state index in [-0.39, 0.29) is 0 Å². The lowest BCUT2D eigenvalue weighted by molar-refractivity contribution is 1.27. The second-order valence-electron chi connectivity index (χ2n) is 26.7. The van der Waals surface area contributed by atoms with E-state index in [4.69, 9.17) is 0 Å². The van der Waals surface area contributed by atoms with Crippen molar-refractivity contribution in [3.63, 3.8) is 0 Å². The third-order valence-corrected chi connectivity index (χ3v) is 19.6. The third kappa shape index (κ3) is 16.9. The molecule has 0 aliphatic rings. The van der Waals surface area contributed by atoms with Gasteiger partial charge < -0.3 is 14.7 Å². The second kappa shape index (κ2) is 34.6. The van der Waals surface area contributed by atoms with E-state index in [0.717, 1.165) is 84.8 Å².